The Morgan fingerprint density at radius 2 is 2.50 bits per heavy atom. The minimum absolute atomic E-state index is 0.409. The van der Waals surface area contributed by atoms with Crippen LogP contribution in [0.15, 0.2) is 12.5 Å². The Hall–Kier alpha value is -0.480. The first-order chi connectivity index (χ1) is 3.80. The second-order valence-corrected chi connectivity index (χ2v) is 2.32. The number of aromatic nitrogens is 2. The molecular formula is C4H3N2S2. The highest BCUT2D eigenvalue weighted by Crippen LogP contribution is 1.96. The van der Waals surface area contributed by atoms with Gasteiger partial charge in [0.15, 0.2) is 0 Å². The maximum atomic E-state index is 4.65. The maximum absolute atomic E-state index is 4.65. The lowest BCUT2D eigenvalue weighted by Gasteiger charge is -1.79. The number of imidazole rings is 1. The van der Waals surface area contributed by atoms with E-state index in [2.05, 4.69) is 34.8 Å². The van der Waals surface area contributed by atoms with Gasteiger partial charge < -0.3 is 4.98 Å². The minimum Gasteiger partial charge on any atom is -0.351 e. The quantitative estimate of drug-likeness (QED) is 0.600. The molecular weight excluding hydrogens is 140 g/mol. The van der Waals surface area contributed by atoms with Crippen molar-refractivity contribution in [2.24, 2.45) is 0 Å². The van der Waals surface area contributed by atoms with Gasteiger partial charge in [0.25, 0.3) is 0 Å². The molecule has 0 aliphatic heterocycles. The molecule has 0 fully saturated rings. The van der Waals surface area contributed by atoms with Crippen LogP contribution >= 0.6 is 24.8 Å². The van der Waals surface area contributed by atoms with Gasteiger partial charge in [0.2, 0.25) is 0 Å². The Kier molecular flexibility index (Phi) is 1.55. The number of H-pyrrole nitrogens is 1. The van der Waals surface area contributed by atoms with Crippen molar-refractivity contribution in [1.29, 1.82) is 0 Å². The highest BCUT2D eigenvalue weighted by Gasteiger charge is 1.94. The first-order valence-corrected chi connectivity index (χ1v) is 2.82. The molecule has 0 amide bonds. The van der Waals surface area contributed by atoms with Crippen molar-refractivity contribution >= 4 is 29.0 Å². The number of thiocarbonyl (C=S) groups is 1. The van der Waals surface area contributed by atoms with Gasteiger partial charge in [-0.05, 0) is 0 Å². The van der Waals surface area contributed by atoms with E-state index in [1.165, 1.54) is 0 Å². The van der Waals surface area contributed by atoms with E-state index in [9.17, 15) is 0 Å². The minimum atomic E-state index is 0.409. The van der Waals surface area contributed by atoms with Gasteiger partial charge >= 0.3 is 0 Å². The largest absolute Gasteiger partial charge is 0.351 e. The van der Waals surface area contributed by atoms with Gasteiger partial charge in [0, 0.05) is 6.20 Å². The summed E-state index contributed by atoms with van der Waals surface area (Å²) < 4.78 is 0.409. The highest BCUT2D eigenvalue weighted by atomic mass is 32.1. The molecule has 0 atom stereocenters. The smallest absolute Gasteiger partial charge is 0.128 e. The van der Waals surface area contributed by atoms with E-state index < -0.39 is 0 Å². The Morgan fingerprint density at radius 1 is 1.75 bits per heavy atom. The lowest BCUT2D eigenvalue weighted by Crippen LogP contribution is -1.83. The summed E-state index contributed by atoms with van der Waals surface area (Å²) in [5, 5.41) is 0. The summed E-state index contributed by atoms with van der Waals surface area (Å²) in [6, 6.07) is 0. The number of nitrogens with one attached hydrogen (secondary N) is 1. The predicted octanol–water partition coefficient (Wildman–Crippen LogP) is 1.28. The zero-order valence-electron chi connectivity index (χ0n) is 3.92. The molecule has 4 heteroatoms. The number of aromatic amines is 1. The Morgan fingerprint density at radius 3 is 2.75 bits per heavy atom. The van der Waals surface area contributed by atoms with Crippen LogP contribution in [0.3, 0.4) is 0 Å². The normalized spacial score (nSPS) is 9.00. The van der Waals surface area contributed by atoms with Crippen molar-refractivity contribution in [1.82, 2.24) is 9.97 Å². The number of hydrogen-bond acceptors (Lipinski definition) is 2. The fourth-order valence-corrected chi connectivity index (χ4v) is 0.595. The monoisotopic (exact) mass is 143 g/mol. The lowest BCUT2D eigenvalue weighted by molar-refractivity contribution is 1.31. The summed E-state index contributed by atoms with van der Waals surface area (Å²) >= 11 is 9.30. The fraction of sp³-hybridized carbons (Fsp3) is 0. The van der Waals surface area contributed by atoms with Crippen LogP contribution in [0.5, 0.6) is 0 Å². The lowest BCUT2D eigenvalue weighted by atomic mass is 10.6. The van der Waals surface area contributed by atoms with Crippen LogP contribution < -0.4 is 0 Å². The van der Waals surface area contributed by atoms with Crippen molar-refractivity contribution in [3.8, 4) is 0 Å². The molecule has 0 spiro atoms. The van der Waals surface area contributed by atoms with E-state index in [0.29, 0.717) is 9.89 Å². The first kappa shape index (κ1) is 5.65. The molecule has 0 saturated carbocycles. The van der Waals surface area contributed by atoms with Crippen LogP contribution in [0.1, 0.15) is 5.69 Å². The van der Waals surface area contributed by atoms with Crippen LogP contribution in [0.25, 0.3) is 0 Å². The van der Waals surface area contributed by atoms with Gasteiger partial charge in [-0.25, -0.2) is 4.98 Å². The van der Waals surface area contributed by atoms with E-state index in [-0.39, 0.29) is 0 Å². The Bertz CT molecular complexity index is 180. The first-order valence-electron chi connectivity index (χ1n) is 2.01. The average molecular weight is 143 g/mol. The van der Waals surface area contributed by atoms with Gasteiger partial charge in [-0.2, -0.15) is 0 Å². The predicted molar refractivity (Wildman–Crippen MR) is 37.9 cm³/mol. The molecule has 0 bridgehead atoms. The summed E-state index contributed by atoms with van der Waals surface area (Å²) in [4.78, 5) is 6.56. The SMILES string of the molecule is [S]C(=S)c1c[nH]cn1. The van der Waals surface area contributed by atoms with E-state index >= 15 is 0 Å². The average Bonchev–Trinajstić information content (AvgIpc) is 2.12. The van der Waals surface area contributed by atoms with Crippen molar-refractivity contribution < 1.29 is 0 Å². The molecule has 41 valence electrons. The van der Waals surface area contributed by atoms with Crippen molar-refractivity contribution in [2.75, 3.05) is 0 Å². The molecule has 1 heterocycles. The van der Waals surface area contributed by atoms with Gasteiger partial charge in [0.05, 0.1) is 6.33 Å². The van der Waals surface area contributed by atoms with Gasteiger partial charge in [-0.1, -0.05) is 24.8 Å². The van der Waals surface area contributed by atoms with Crippen LogP contribution in [0.4, 0.5) is 0 Å². The standard InChI is InChI=1S/C4H3N2S2/c7-4(8)3-1-5-2-6-3/h1-2H,(H,5,6). The molecule has 1 N–H and O–H groups in total. The Balaban J connectivity index is 2.93. The summed E-state index contributed by atoms with van der Waals surface area (Å²) in [5.41, 5.74) is 0.676. The number of hydrogen-bond donors (Lipinski definition) is 1. The zero-order valence-corrected chi connectivity index (χ0v) is 5.55. The Labute approximate surface area is 57.7 Å². The molecule has 1 aromatic heterocycles. The summed E-state index contributed by atoms with van der Waals surface area (Å²) in [5.74, 6) is 0. The number of nitrogens with zero attached hydrogens (tertiary/aromatic N) is 1. The van der Waals surface area contributed by atoms with Crippen LogP contribution in [0.2, 0.25) is 0 Å². The highest BCUT2D eigenvalue weighted by molar-refractivity contribution is 8.11. The van der Waals surface area contributed by atoms with Crippen molar-refractivity contribution in [2.45, 2.75) is 0 Å². The van der Waals surface area contributed by atoms with Crippen molar-refractivity contribution in [3.05, 3.63) is 18.2 Å². The molecule has 1 radical (unpaired) electrons. The molecule has 2 nitrogen and oxygen atoms in total. The molecule has 0 aromatic carbocycles. The van der Waals surface area contributed by atoms with Crippen molar-refractivity contribution in [3.63, 3.8) is 0 Å². The second-order valence-electron chi connectivity index (χ2n) is 1.24. The molecule has 0 unspecified atom stereocenters. The van der Waals surface area contributed by atoms with Crippen LogP contribution in [-0.4, -0.2) is 14.2 Å². The number of rotatable bonds is 1. The van der Waals surface area contributed by atoms with Gasteiger partial charge in [-0.15, -0.1) is 0 Å². The van der Waals surface area contributed by atoms with Crippen LogP contribution in [0, 0.1) is 0 Å². The van der Waals surface area contributed by atoms with Crippen LogP contribution in [-0.2, 0) is 0 Å². The fourth-order valence-electron chi connectivity index (χ4n) is 0.372. The van der Waals surface area contributed by atoms with E-state index in [4.69, 9.17) is 0 Å². The summed E-state index contributed by atoms with van der Waals surface area (Å²) in [6.07, 6.45) is 3.23. The molecule has 1 rings (SSSR count). The second kappa shape index (κ2) is 2.19. The molecule has 1 aromatic rings. The third kappa shape index (κ3) is 1.02. The zero-order chi connectivity index (χ0) is 5.98. The van der Waals surface area contributed by atoms with Gasteiger partial charge in [-0.3, -0.25) is 0 Å². The molecule has 8 heavy (non-hydrogen) atoms. The van der Waals surface area contributed by atoms with E-state index in [0.717, 1.165) is 0 Å². The summed E-state index contributed by atoms with van der Waals surface area (Å²) in [6.45, 7) is 0. The molecule has 0 saturated heterocycles. The van der Waals surface area contributed by atoms with E-state index in [1.54, 1.807) is 12.5 Å². The third-order valence-electron chi connectivity index (χ3n) is 0.707. The molecule has 0 aliphatic rings. The third-order valence-corrected chi connectivity index (χ3v) is 1.13. The molecule has 0 aliphatic carbocycles. The maximum Gasteiger partial charge on any atom is 0.128 e. The van der Waals surface area contributed by atoms with Gasteiger partial charge in [0.1, 0.15) is 9.89 Å². The topological polar surface area (TPSA) is 28.7 Å². The van der Waals surface area contributed by atoms with E-state index in [1.807, 2.05) is 0 Å². The summed E-state index contributed by atoms with van der Waals surface area (Å²) in [7, 11) is 0.